The van der Waals surface area contributed by atoms with Gasteiger partial charge in [0.25, 0.3) is 0 Å². The van der Waals surface area contributed by atoms with Gasteiger partial charge in [0.1, 0.15) is 0 Å². The van der Waals surface area contributed by atoms with Gasteiger partial charge in [-0.1, -0.05) is 12.2 Å². The third-order valence-corrected chi connectivity index (χ3v) is 2.11. The largest absolute Gasteiger partial charge is 0.0882 e. The molecule has 7 heavy (non-hydrogen) atoms. The Morgan fingerprint density at radius 1 is 1.00 bits per heavy atom. The lowest BCUT2D eigenvalue weighted by Crippen LogP contribution is -1.83. The van der Waals surface area contributed by atoms with Crippen LogP contribution < -0.4 is 0 Å². The van der Waals surface area contributed by atoms with Crippen molar-refractivity contribution in [1.29, 1.82) is 0 Å². The molecule has 0 spiro atoms. The highest BCUT2D eigenvalue weighted by Gasteiger charge is 2.36. The third kappa shape index (κ3) is 0.495. The second kappa shape index (κ2) is 1.12. The number of hydrogen-bond acceptors (Lipinski definition) is 0. The summed E-state index contributed by atoms with van der Waals surface area (Å²) in [5, 5.41) is 0. The molecule has 0 heterocycles. The highest BCUT2D eigenvalue weighted by atomic mass is 14.4. The van der Waals surface area contributed by atoms with Crippen molar-refractivity contribution < 1.29 is 0 Å². The fourth-order valence-corrected chi connectivity index (χ4v) is 1.43. The molecule has 1 saturated carbocycles. The summed E-state index contributed by atoms with van der Waals surface area (Å²) in [5.74, 6) is 2.23. The Balaban J connectivity index is 2.10. The molecule has 0 amide bonds. The molecule has 0 nitrogen and oxygen atoms in total. The predicted molar refractivity (Wildman–Crippen MR) is 30.0 cm³/mol. The van der Waals surface area contributed by atoms with Crippen molar-refractivity contribution in [3.05, 3.63) is 12.2 Å². The van der Waals surface area contributed by atoms with E-state index in [0.717, 1.165) is 11.8 Å². The van der Waals surface area contributed by atoms with Gasteiger partial charge in [0.2, 0.25) is 0 Å². The third-order valence-electron chi connectivity index (χ3n) is 2.11. The van der Waals surface area contributed by atoms with E-state index in [1.165, 1.54) is 19.3 Å². The summed E-state index contributed by atoms with van der Waals surface area (Å²) < 4.78 is 0. The van der Waals surface area contributed by atoms with Crippen molar-refractivity contribution in [2.45, 2.75) is 19.3 Å². The van der Waals surface area contributed by atoms with Crippen molar-refractivity contribution in [3.8, 4) is 0 Å². The first kappa shape index (κ1) is 3.71. The molecule has 0 radical (unpaired) electrons. The zero-order valence-electron chi connectivity index (χ0n) is 4.43. The average molecular weight is 94.2 g/mol. The Morgan fingerprint density at radius 3 is 2.00 bits per heavy atom. The molecule has 0 heteroatoms. The topological polar surface area (TPSA) is 0 Å². The van der Waals surface area contributed by atoms with Crippen molar-refractivity contribution in [2.24, 2.45) is 11.8 Å². The van der Waals surface area contributed by atoms with Crippen molar-refractivity contribution in [3.63, 3.8) is 0 Å². The van der Waals surface area contributed by atoms with Crippen LogP contribution in [0.5, 0.6) is 0 Å². The lowest BCUT2D eigenvalue weighted by Gasteiger charge is -1.96. The molecule has 2 aliphatic carbocycles. The highest BCUT2D eigenvalue weighted by molar-refractivity contribution is 5.02. The van der Waals surface area contributed by atoms with Gasteiger partial charge in [0.05, 0.1) is 0 Å². The number of fused-ring (bicyclic) bond motifs is 1. The summed E-state index contributed by atoms with van der Waals surface area (Å²) >= 11 is 0. The quantitative estimate of drug-likeness (QED) is 0.402. The fourth-order valence-electron chi connectivity index (χ4n) is 1.43. The summed E-state index contributed by atoms with van der Waals surface area (Å²) in [6.45, 7) is 0. The molecule has 38 valence electrons. The number of rotatable bonds is 0. The maximum atomic E-state index is 2.33. The summed E-state index contributed by atoms with van der Waals surface area (Å²) in [6, 6.07) is 0. The lowest BCUT2D eigenvalue weighted by molar-refractivity contribution is 0.689. The van der Waals surface area contributed by atoms with Gasteiger partial charge >= 0.3 is 0 Å². The summed E-state index contributed by atoms with van der Waals surface area (Å²) in [7, 11) is 0. The van der Waals surface area contributed by atoms with Crippen LogP contribution in [-0.2, 0) is 0 Å². The van der Waals surface area contributed by atoms with E-state index in [4.69, 9.17) is 0 Å². The maximum Gasteiger partial charge on any atom is -0.0319 e. The first-order valence-corrected chi connectivity index (χ1v) is 3.12. The smallest absolute Gasteiger partial charge is 0.0319 e. The van der Waals surface area contributed by atoms with Gasteiger partial charge in [-0.3, -0.25) is 0 Å². The molecule has 0 aromatic heterocycles. The average Bonchev–Trinajstić information content (AvgIpc) is 2.41. The minimum atomic E-state index is 1.12. The van der Waals surface area contributed by atoms with Crippen LogP contribution in [-0.4, -0.2) is 0 Å². The Morgan fingerprint density at radius 2 is 1.57 bits per heavy atom. The Kier molecular flexibility index (Phi) is 0.592. The van der Waals surface area contributed by atoms with Crippen molar-refractivity contribution in [2.75, 3.05) is 0 Å². The van der Waals surface area contributed by atoms with Crippen LogP contribution in [0.4, 0.5) is 0 Å². The normalized spacial score (nSPS) is 45.7. The summed E-state index contributed by atoms with van der Waals surface area (Å²) in [4.78, 5) is 0. The molecule has 2 atom stereocenters. The van der Waals surface area contributed by atoms with E-state index in [-0.39, 0.29) is 0 Å². The van der Waals surface area contributed by atoms with E-state index in [0.29, 0.717) is 0 Å². The van der Waals surface area contributed by atoms with Gasteiger partial charge in [-0.05, 0) is 31.1 Å². The van der Waals surface area contributed by atoms with Crippen LogP contribution >= 0.6 is 0 Å². The Labute approximate surface area is 44.2 Å². The van der Waals surface area contributed by atoms with Gasteiger partial charge in [0, 0.05) is 0 Å². The second-order valence-corrected chi connectivity index (χ2v) is 2.70. The first-order chi connectivity index (χ1) is 3.47. The summed E-state index contributed by atoms with van der Waals surface area (Å²) in [5.41, 5.74) is 0. The first-order valence-electron chi connectivity index (χ1n) is 3.12. The van der Waals surface area contributed by atoms with E-state index in [9.17, 15) is 0 Å². The molecule has 0 unspecified atom stereocenters. The number of hydrogen-bond donors (Lipinski definition) is 0. The van der Waals surface area contributed by atoms with Crippen LogP contribution in [0.3, 0.4) is 0 Å². The standard InChI is InChI=1S/C7H10/c1-2-4-7-5-6(7)3-1/h1-2,6-7H,3-5H2/t6-,7-/m0/s1. The van der Waals surface area contributed by atoms with E-state index >= 15 is 0 Å². The summed E-state index contributed by atoms with van der Waals surface area (Å²) in [6.07, 6.45) is 8.94. The van der Waals surface area contributed by atoms with Crippen LogP contribution in [0.2, 0.25) is 0 Å². The minimum absolute atomic E-state index is 1.12. The van der Waals surface area contributed by atoms with Gasteiger partial charge in [-0.25, -0.2) is 0 Å². The maximum absolute atomic E-state index is 2.33. The SMILES string of the molecule is C1=CC[C@H]2C[C@@H]2C1. The van der Waals surface area contributed by atoms with Crippen molar-refractivity contribution in [1.82, 2.24) is 0 Å². The fraction of sp³-hybridized carbons (Fsp3) is 0.714. The van der Waals surface area contributed by atoms with Gasteiger partial charge in [-0.15, -0.1) is 0 Å². The molecule has 0 N–H and O–H groups in total. The van der Waals surface area contributed by atoms with Crippen LogP contribution in [0, 0.1) is 11.8 Å². The van der Waals surface area contributed by atoms with Gasteiger partial charge < -0.3 is 0 Å². The molecule has 0 saturated heterocycles. The molecule has 0 aromatic carbocycles. The number of allylic oxidation sites excluding steroid dienone is 2. The van der Waals surface area contributed by atoms with Crippen molar-refractivity contribution >= 4 is 0 Å². The van der Waals surface area contributed by atoms with Crippen LogP contribution in [0.1, 0.15) is 19.3 Å². The van der Waals surface area contributed by atoms with E-state index < -0.39 is 0 Å². The Bertz CT molecular complexity index is 90.6. The lowest BCUT2D eigenvalue weighted by atomic mass is 10.1. The van der Waals surface area contributed by atoms with E-state index in [2.05, 4.69) is 12.2 Å². The van der Waals surface area contributed by atoms with Crippen LogP contribution in [0.25, 0.3) is 0 Å². The van der Waals surface area contributed by atoms with E-state index in [1.54, 1.807) is 0 Å². The van der Waals surface area contributed by atoms with Crippen LogP contribution in [0.15, 0.2) is 12.2 Å². The van der Waals surface area contributed by atoms with Gasteiger partial charge in [0.15, 0.2) is 0 Å². The zero-order valence-corrected chi connectivity index (χ0v) is 4.43. The molecule has 0 bridgehead atoms. The Hall–Kier alpha value is -0.260. The molecule has 0 aliphatic heterocycles. The molecule has 1 fully saturated rings. The molecule has 2 rings (SSSR count). The predicted octanol–water partition coefficient (Wildman–Crippen LogP) is 1.97. The minimum Gasteiger partial charge on any atom is -0.0882 e. The molecule has 0 aromatic rings. The van der Waals surface area contributed by atoms with Gasteiger partial charge in [-0.2, -0.15) is 0 Å². The van der Waals surface area contributed by atoms with E-state index in [1.807, 2.05) is 0 Å². The second-order valence-electron chi connectivity index (χ2n) is 2.70. The molecular weight excluding hydrogens is 84.1 g/mol. The molecular formula is C7H10. The zero-order chi connectivity index (χ0) is 4.69. The highest BCUT2D eigenvalue weighted by Crippen LogP contribution is 2.46. The molecule has 2 aliphatic rings. The monoisotopic (exact) mass is 94.1 g/mol.